The van der Waals surface area contributed by atoms with Crippen molar-refractivity contribution >= 4 is 12.4 Å². The summed E-state index contributed by atoms with van der Waals surface area (Å²) >= 11 is 0. The number of nitrogens with two attached hydrogens (primary N) is 1. The zero-order valence-corrected chi connectivity index (χ0v) is 7.71. The second-order valence-corrected chi connectivity index (χ2v) is 4.01. The Kier molecular flexibility index (Phi) is 3.68. The van der Waals surface area contributed by atoms with Crippen molar-refractivity contribution in [3.05, 3.63) is 0 Å². The third kappa shape index (κ3) is 2.47. The SMILES string of the molecule is CC1(C)CCC(CN)C1.Cl. The van der Waals surface area contributed by atoms with Crippen LogP contribution in [-0.4, -0.2) is 6.54 Å². The molecule has 1 fully saturated rings. The van der Waals surface area contributed by atoms with Crippen molar-refractivity contribution in [3.8, 4) is 0 Å². The molecule has 1 aliphatic carbocycles. The van der Waals surface area contributed by atoms with Gasteiger partial charge < -0.3 is 5.73 Å². The van der Waals surface area contributed by atoms with Crippen molar-refractivity contribution < 1.29 is 0 Å². The third-order valence-electron chi connectivity index (χ3n) is 2.40. The summed E-state index contributed by atoms with van der Waals surface area (Å²) in [4.78, 5) is 0. The van der Waals surface area contributed by atoms with E-state index in [-0.39, 0.29) is 12.4 Å². The van der Waals surface area contributed by atoms with Gasteiger partial charge in [0.25, 0.3) is 0 Å². The van der Waals surface area contributed by atoms with Gasteiger partial charge in [-0.05, 0) is 37.1 Å². The van der Waals surface area contributed by atoms with Crippen LogP contribution in [0.2, 0.25) is 0 Å². The van der Waals surface area contributed by atoms with Crippen LogP contribution in [0.25, 0.3) is 0 Å². The maximum Gasteiger partial charge on any atom is -0.00487 e. The first-order valence-corrected chi connectivity index (χ1v) is 3.84. The van der Waals surface area contributed by atoms with Crippen LogP contribution in [0.3, 0.4) is 0 Å². The Morgan fingerprint density at radius 3 is 2.30 bits per heavy atom. The lowest BCUT2D eigenvalue weighted by Gasteiger charge is -2.15. The highest BCUT2D eigenvalue weighted by molar-refractivity contribution is 5.85. The summed E-state index contributed by atoms with van der Waals surface area (Å²) in [6.45, 7) is 5.56. The van der Waals surface area contributed by atoms with Gasteiger partial charge in [0, 0.05) is 0 Å². The van der Waals surface area contributed by atoms with Crippen LogP contribution in [0.4, 0.5) is 0 Å². The van der Waals surface area contributed by atoms with Crippen LogP contribution >= 0.6 is 12.4 Å². The number of rotatable bonds is 1. The molecule has 0 radical (unpaired) electrons. The van der Waals surface area contributed by atoms with E-state index >= 15 is 0 Å². The highest BCUT2D eigenvalue weighted by atomic mass is 35.5. The molecule has 0 amide bonds. The van der Waals surface area contributed by atoms with Gasteiger partial charge in [-0.3, -0.25) is 0 Å². The summed E-state index contributed by atoms with van der Waals surface area (Å²) < 4.78 is 0. The first-order valence-electron chi connectivity index (χ1n) is 3.84. The second kappa shape index (κ2) is 3.59. The molecule has 1 nitrogen and oxygen atoms in total. The van der Waals surface area contributed by atoms with Crippen molar-refractivity contribution in [1.82, 2.24) is 0 Å². The average molecular weight is 164 g/mol. The molecule has 0 aromatic rings. The van der Waals surface area contributed by atoms with Crippen molar-refractivity contribution in [2.45, 2.75) is 33.1 Å². The van der Waals surface area contributed by atoms with Gasteiger partial charge in [-0.2, -0.15) is 0 Å². The Morgan fingerprint density at radius 2 is 2.10 bits per heavy atom. The Bertz CT molecular complexity index is 101. The largest absolute Gasteiger partial charge is 0.330 e. The van der Waals surface area contributed by atoms with Crippen molar-refractivity contribution in [3.63, 3.8) is 0 Å². The van der Waals surface area contributed by atoms with Gasteiger partial charge in [-0.25, -0.2) is 0 Å². The molecule has 0 spiro atoms. The molecule has 1 rings (SSSR count). The van der Waals surface area contributed by atoms with Crippen LogP contribution in [0.15, 0.2) is 0 Å². The first kappa shape index (κ1) is 10.2. The first-order chi connectivity index (χ1) is 4.14. The minimum Gasteiger partial charge on any atom is -0.330 e. The molecule has 0 aromatic heterocycles. The van der Waals surface area contributed by atoms with Crippen molar-refractivity contribution in [1.29, 1.82) is 0 Å². The molecule has 62 valence electrons. The predicted octanol–water partition coefficient (Wildman–Crippen LogP) is 2.19. The van der Waals surface area contributed by atoms with E-state index in [1.807, 2.05) is 0 Å². The standard InChI is InChI=1S/C8H17N.ClH/c1-8(2)4-3-7(5-8)6-9;/h7H,3-6,9H2,1-2H3;1H. The van der Waals surface area contributed by atoms with Gasteiger partial charge in [-0.1, -0.05) is 13.8 Å². The molecule has 2 N–H and O–H groups in total. The van der Waals surface area contributed by atoms with E-state index in [0.29, 0.717) is 5.41 Å². The summed E-state index contributed by atoms with van der Waals surface area (Å²) in [5.74, 6) is 0.819. The topological polar surface area (TPSA) is 26.0 Å². The summed E-state index contributed by atoms with van der Waals surface area (Å²) in [6, 6.07) is 0. The average Bonchev–Trinajstić information content (AvgIpc) is 2.10. The number of hydrogen-bond acceptors (Lipinski definition) is 1. The molecule has 2 heteroatoms. The van der Waals surface area contributed by atoms with E-state index < -0.39 is 0 Å². The zero-order valence-electron chi connectivity index (χ0n) is 6.89. The van der Waals surface area contributed by atoms with Gasteiger partial charge in [0.1, 0.15) is 0 Å². The summed E-state index contributed by atoms with van der Waals surface area (Å²) in [5, 5.41) is 0. The normalized spacial score (nSPS) is 29.7. The minimum absolute atomic E-state index is 0. The molecule has 0 aromatic carbocycles. The maximum absolute atomic E-state index is 5.55. The minimum atomic E-state index is 0. The second-order valence-electron chi connectivity index (χ2n) is 4.01. The molecule has 0 heterocycles. The maximum atomic E-state index is 5.55. The highest BCUT2D eigenvalue weighted by Gasteiger charge is 2.29. The lowest BCUT2D eigenvalue weighted by atomic mass is 9.91. The van der Waals surface area contributed by atoms with E-state index in [4.69, 9.17) is 5.73 Å². The zero-order chi connectivity index (χ0) is 6.91. The lowest BCUT2D eigenvalue weighted by molar-refractivity contribution is 0.362. The number of hydrogen-bond donors (Lipinski definition) is 1. The van der Waals surface area contributed by atoms with E-state index in [1.54, 1.807) is 0 Å². The molecule has 0 aliphatic heterocycles. The quantitative estimate of drug-likeness (QED) is 0.630. The van der Waals surface area contributed by atoms with Crippen LogP contribution in [-0.2, 0) is 0 Å². The monoisotopic (exact) mass is 163 g/mol. The fraction of sp³-hybridized carbons (Fsp3) is 1.00. The molecule has 1 atom stereocenters. The predicted molar refractivity (Wildman–Crippen MR) is 47.4 cm³/mol. The van der Waals surface area contributed by atoms with Gasteiger partial charge in [0.05, 0.1) is 0 Å². The molecule has 0 bridgehead atoms. The Labute approximate surface area is 69.8 Å². The molecule has 1 aliphatic rings. The van der Waals surface area contributed by atoms with E-state index in [9.17, 15) is 0 Å². The molecular weight excluding hydrogens is 146 g/mol. The van der Waals surface area contributed by atoms with Crippen molar-refractivity contribution in [2.75, 3.05) is 6.54 Å². The molecule has 0 saturated heterocycles. The van der Waals surface area contributed by atoms with Crippen LogP contribution in [0.5, 0.6) is 0 Å². The summed E-state index contributed by atoms with van der Waals surface area (Å²) in [5.41, 5.74) is 6.14. The van der Waals surface area contributed by atoms with Gasteiger partial charge in [0.15, 0.2) is 0 Å². The van der Waals surface area contributed by atoms with Gasteiger partial charge in [0.2, 0.25) is 0 Å². The molecular formula is C8H18ClN. The molecule has 1 unspecified atom stereocenters. The smallest absolute Gasteiger partial charge is 0.00487 e. The Hall–Kier alpha value is 0.250. The van der Waals surface area contributed by atoms with E-state index in [0.717, 1.165) is 12.5 Å². The fourth-order valence-electron chi connectivity index (χ4n) is 1.78. The van der Waals surface area contributed by atoms with E-state index in [1.165, 1.54) is 19.3 Å². The van der Waals surface area contributed by atoms with E-state index in [2.05, 4.69) is 13.8 Å². The molecule has 10 heavy (non-hydrogen) atoms. The third-order valence-corrected chi connectivity index (χ3v) is 2.40. The number of halogens is 1. The summed E-state index contributed by atoms with van der Waals surface area (Å²) in [7, 11) is 0. The lowest BCUT2D eigenvalue weighted by Crippen LogP contribution is -2.12. The van der Waals surface area contributed by atoms with Crippen LogP contribution in [0, 0.1) is 11.3 Å². The van der Waals surface area contributed by atoms with Crippen molar-refractivity contribution in [2.24, 2.45) is 17.1 Å². The van der Waals surface area contributed by atoms with Crippen LogP contribution < -0.4 is 5.73 Å². The fourth-order valence-corrected chi connectivity index (χ4v) is 1.78. The Morgan fingerprint density at radius 1 is 1.50 bits per heavy atom. The Balaban J connectivity index is 0.000000810. The van der Waals surface area contributed by atoms with Gasteiger partial charge >= 0.3 is 0 Å². The van der Waals surface area contributed by atoms with Gasteiger partial charge in [-0.15, -0.1) is 12.4 Å². The van der Waals surface area contributed by atoms with Crippen LogP contribution in [0.1, 0.15) is 33.1 Å². The summed E-state index contributed by atoms with van der Waals surface area (Å²) in [6.07, 6.45) is 4.06. The molecule has 1 saturated carbocycles. The highest BCUT2D eigenvalue weighted by Crippen LogP contribution is 2.40.